The Morgan fingerprint density at radius 2 is 1.71 bits per heavy atom. The second-order valence-electron chi connectivity index (χ2n) is 2.58. The van der Waals surface area contributed by atoms with Crippen LogP contribution in [0.15, 0.2) is 21.1 Å². The monoisotopic (exact) mass is 332 g/mol. The molecule has 0 bridgehead atoms. The molecule has 6 heteroatoms. The van der Waals surface area contributed by atoms with Crippen molar-refractivity contribution in [1.29, 1.82) is 0 Å². The van der Waals surface area contributed by atoms with Crippen molar-refractivity contribution in [2.45, 2.75) is 12.8 Å². The molecule has 0 aliphatic carbocycles. The Balaban J connectivity index is 3.32. The zero-order valence-electron chi connectivity index (χ0n) is 6.70. The maximum atomic E-state index is 12.4. The molecule has 14 heavy (non-hydrogen) atoms. The Morgan fingerprint density at radius 3 is 2.14 bits per heavy atom. The Morgan fingerprint density at radius 1 is 1.14 bits per heavy atom. The third kappa shape index (κ3) is 2.49. The lowest BCUT2D eigenvalue weighted by Gasteiger charge is -2.11. The summed E-state index contributed by atoms with van der Waals surface area (Å²) < 4.78 is 37.5. The first kappa shape index (κ1) is 12.0. The fourth-order valence-corrected chi connectivity index (χ4v) is 2.28. The van der Waals surface area contributed by atoms with Gasteiger partial charge in [0, 0.05) is 8.95 Å². The van der Waals surface area contributed by atoms with Crippen LogP contribution in [0, 0.1) is 0 Å². The minimum atomic E-state index is -4.41. The minimum absolute atomic E-state index is 0.0472. The van der Waals surface area contributed by atoms with E-state index in [9.17, 15) is 13.2 Å². The highest BCUT2D eigenvalue weighted by Crippen LogP contribution is 2.37. The number of aliphatic hydroxyl groups excluding tert-OH is 1. The second-order valence-corrected chi connectivity index (χ2v) is 4.29. The summed E-state index contributed by atoms with van der Waals surface area (Å²) >= 11 is 5.87. The largest absolute Gasteiger partial charge is 0.417 e. The number of rotatable bonds is 1. The number of halogens is 5. The van der Waals surface area contributed by atoms with Gasteiger partial charge in [0.25, 0.3) is 0 Å². The summed E-state index contributed by atoms with van der Waals surface area (Å²) in [6.07, 6.45) is -4.41. The van der Waals surface area contributed by atoms with E-state index in [1.165, 1.54) is 6.07 Å². The highest BCUT2D eigenvalue weighted by Gasteiger charge is 2.33. The van der Waals surface area contributed by atoms with Gasteiger partial charge in [0.1, 0.15) is 0 Å². The molecule has 0 spiro atoms. The lowest BCUT2D eigenvalue weighted by molar-refractivity contribution is -0.138. The molecule has 0 radical (unpaired) electrons. The van der Waals surface area contributed by atoms with Crippen LogP contribution in [0.5, 0.6) is 0 Å². The summed E-state index contributed by atoms with van der Waals surface area (Å²) in [5.41, 5.74) is -0.578. The molecule has 1 N–H and O–H groups in total. The number of hydrogen-bond acceptors (Lipinski definition) is 1. The van der Waals surface area contributed by atoms with Crippen molar-refractivity contribution in [1.82, 2.24) is 0 Å². The van der Waals surface area contributed by atoms with Crippen LogP contribution in [-0.4, -0.2) is 5.11 Å². The molecule has 0 aromatic heterocycles. The molecule has 0 saturated heterocycles. The van der Waals surface area contributed by atoms with E-state index in [0.29, 0.717) is 4.47 Å². The molecule has 0 unspecified atom stereocenters. The van der Waals surface area contributed by atoms with Gasteiger partial charge in [-0.05, 0) is 17.7 Å². The van der Waals surface area contributed by atoms with E-state index < -0.39 is 18.3 Å². The van der Waals surface area contributed by atoms with Gasteiger partial charge in [-0.3, -0.25) is 0 Å². The summed E-state index contributed by atoms with van der Waals surface area (Å²) in [6, 6.07) is 2.18. The van der Waals surface area contributed by atoms with E-state index in [-0.39, 0.29) is 10.0 Å². The highest BCUT2D eigenvalue weighted by atomic mass is 79.9. The van der Waals surface area contributed by atoms with E-state index in [0.717, 1.165) is 6.07 Å². The number of alkyl halides is 3. The van der Waals surface area contributed by atoms with Crippen molar-refractivity contribution in [2.24, 2.45) is 0 Å². The lowest BCUT2D eigenvalue weighted by atomic mass is 10.1. The van der Waals surface area contributed by atoms with Gasteiger partial charge in [-0.1, -0.05) is 31.9 Å². The van der Waals surface area contributed by atoms with Crippen molar-refractivity contribution in [2.75, 3.05) is 0 Å². The minimum Gasteiger partial charge on any atom is -0.392 e. The average molecular weight is 334 g/mol. The van der Waals surface area contributed by atoms with Crippen LogP contribution in [-0.2, 0) is 12.8 Å². The standard InChI is InChI=1S/C8H5Br2F3O/c9-6-2-7(10)5(8(11,12)13)1-4(6)3-14/h1-2,14H,3H2. The number of aliphatic hydroxyl groups is 1. The molecule has 1 nitrogen and oxygen atoms in total. The van der Waals surface area contributed by atoms with Crippen LogP contribution in [0.4, 0.5) is 13.2 Å². The van der Waals surface area contributed by atoms with Crippen molar-refractivity contribution >= 4 is 31.9 Å². The Labute approximate surface area is 95.2 Å². The van der Waals surface area contributed by atoms with Gasteiger partial charge in [0.2, 0.25) is 0 Å². The van der Waals surface area contributed by atoms with Gasteiger partial charge in [-0.25, -0.2) is 0 Å². The van der Waals surface area contributed by atoms with Crippen molar-refractivity contribution in [3.8, 4) is 0 Å². The van der Waals surface area contributed by atoms with Crippen LogP contribution in [0.2, 0.25) is 0 Å². The molecule has 1 aromatic rings. The predicted molar refractivity (Wildman–Crippen MR) is 52.8 cm³/mol. The first-order chi connectivity index (χ1) is 6.36. The van der Waals surface area contributed by atoms with Crippen LogP contribution < -0.4 is 0 Å². The maximum Gasteiger partial charge on any atom is 0.417 e. The summed E-state index contributed by atoms with van der Waals surface area (Å²) in [5.74, 6) is 0. The molecular formula is C8H5Br2F3O. The first-order valence-electron chi connectivity index (χ1n) is 3.52. The molecule has 0 heterocycles. The summed E-state index contributed by atoms with van der Waals surface area (Å²) in [6.45, 7) is -0.434. The van der Waals surface area contributed by atoms with Crippen molar-refractivity contribution < 1.29 is 18.3 Å². The van der Waals surface area contributed by atoms with Gasteiger partial charge < -0.3 is 5.11 Å². The van der Waals surface area contributed by atoms with Crippen LogP contribution >= 0.6 is 31.9 Å². The second kappa shape index (κ2) is 4.20. The Kier molecular flexibility index (Phi) is 3.60. The van der Waals surface area contributed by atoms with E-state index in [2.05, 4.69) is 31.9 Å². The third-order valence-corrected chi connectivity index (χ3v) is 3.01. The number of hydrogen-bond donors (Lipinski definition) is 1. The fraction of sp³-hybridized carbons (Fsp3) is 0.250. The summed E-state index contributed by atoms with van der Waals surface area (Å²) in [7, 11) is 0. The van der Waals surface area contributed by atoms with Gasteiger partial charge in [0.05, 0.1) is 12.2 Å². The highest BCUT2D eigenvalue weighted by molar-refractivity contribution is 9.11. The average Bonchev–Trinajstić information content (AvgIpc) is 2.02. The first-order valence-corrected chi connectivity index (χ1v) is 5.11. The normalized spacial score (nSPS) is 11.9. The molecule has 0 fully saturated rings. The molecule has 1 rings (SSSR count). The van der Waals surface area contributed by atoms with Crippen LogP contribution in [0.3, 0.4) is 0 Å². The van der Waals surface area contributed by atoms with E-state index in [1.807, 2.05) is 0 Å². The summed E-state index contributed by atoms with van der Waals surface area (Å²) in [4.78, 5) is 0. The fourth-order valence-electron chi connectivity index (χ4n) is 0.932. The van der Waals surface area contributed by atoms with Crippen molar-refractivity contribution in [3.63, 3.8) is 0 Å². The van der Waals surface area contributed by atoms with E-state index >= 15 is 0 Å². The van der Waals surface area contributed by atoms with Crippen LogP contribution in [0.25, 0.3) is 0 Å². The topological polar surface area (TPSA) is 20.2 Å². The SMILES string of the molecule is OCc1cc(C(F)(F)F)c(Br)cc1Br. The smallest absolute Gasteiger partial charge is 0.392 e. The van der Waals surface area contributed by atoms with Crippen LogP contribution in [0.1, 0.15) is 11.1 Å². The summed E-state index contributed by atoms with van der Waals surface area (Å²) in [5, 5.41) is 8.79. The molecule has 0 atom stereocenters. The zero-order valence-corrected chi connectivity index (χ0v) is 9.87. The third-order valence-electron chi connectivity index (χ3n) is 1.61. The zero-order chi connectivity index (χ0) is 10.9. The molecule has 0 saturated carbocycles. The Bertz CT molecular complexity index is 349. The van der Waals surface area contributed by atoms with Gasteiger partial charge in [-0.2, -0.15) is 13.2 Å². The molecule has 0 aliphatic heterocycles. The van der Waals surface area contributed by atoms with E-state index in [1.54, 1.807) is 0 Å². The van der Waals surface area contributed by atoms with Gasteiger partial charge in [0.15, 0.2) is 0 Å². The molecule has 0 aliphatic rings. The molecular weight excluding hydrogens is 329 g/mol. The Hall–Kier alpha value is -0.0700. The van der Waals surface area contributed by atoms with Gasteiger partial charge in [-0.15, -0.1) is 0 Å². The maximum absolute atomic E-state index is 12.4. The van der Waals surface area contributed by atoms with E-state index in [4.69, 9.17) is 5.11 Å². The molecule has 0 amide bonds. The lowest BCUT2D eigenvalue weighted by Crippen LogP contribution is -2.07. The molecule has 1 aromatic carbocycles. The predicted octanol–water partition coefficient (Wildman–Crippen LogP) is 3.72. The number of benzene rings is 1. The quantitative estimate of drug-likeness (QED) is 0.830. The molecule has 78 valence electrons. The van der Waals surface area contributed by atoms with Gasteiger partial charge >= 0.3 is 6.18 Å². The van der Waals surface area contributed by atoms with Crippen molar-refractivity contribution in [3.05, 3.63) is 32.2 Å².